The molecule has 1 aliphatic heterocycles. The van der Waals surface area contributed by atoms with Gasteiger partial charge in [0.2, 0.25) is 0 Å². The van der Waals surface area contributed by atoms with Gasteiger partial charge in [0.05, 0.1) is 28.7 Å². The summed E-state index contributed by atoms with van der Waals surface area (Å²) in [6.45, 7) is 1.89. The number of nitro benzene ring substituents is 1. The lowest BCUT2D eigenvalue weighted by Gasteiger charge is -2.25. The average molecular weight is 472 g/mol. The Balaban J connectivity index is 1.86. The first-order valence-electron chi connectivity index (χ1n) is 10.7. The van der Waals surface area contributed by atoms with Crippen LogP contribution in [0.25, 0.3) is 5.76 Å². The highest BCUT2D eigenvalue weighted by Gasteiger charge is 2.47. The lowest BCUT2D eigenvalue weighted by Crippen LogP contribution is -2.29. The molecule has 1 saturated heterocycles. The summed E-state index contributed by atoms with van der Waals surface area (Å²) < 4.78 is 4.98. The van der Waals surface area contributed by atoms with Gasteiger partial charge in [-0.1, -0.05) is 30.3 Å². The molecule has 3 aromatic carbocycles. The Kier molecular flexibility index (Phi) is 6.41. The van der Waals surface area contributed by atoms with Crippen LogP contribution in [0.4, 0.5) is 11.4 Å². The number of rotatable bonds is 6. The van der Waals surface area contributed by atoms with Crippen molar-refractivity contribution in [3.8, 4) is 0 Å². The number of carbonyl (C=O) groups is 3. The summed E-state index contributed by atoms with van der Waals surface area (Å²) in [4.78, 5) is 50.1. The number of hydrogen-bond acceptors (Lipinski definition) is 7. The third-order valence-corrected chi connectivity index (χ3v) is 5.57. The number of amides is 1. The second-order valence-corrected chi connectivity index (χ2v) is 7.65. The van der Waals surface area contributed by atoms with E-state index in [1.807, 2.05) is 0 Å². The van der Waals surface area contributed by atoms with E-state index < -0.39 is 28.6 Å². The summed E-state index contributed by atoms with van der Waals surface area (Å²) in [5, 5.41) is 22.1. The second-order valence-electron chi connectivity index (χ2n) is 7.65. The minimum absolute atomic E-state index is 0.149. The fraction of sp³-hybridized carbons (Fsp3) is 0.115. The zero-order valence-electron chi connectivity index (χ0n) is 18.6. The Morgan fingerprint density at radius 1 is 0.971 bits per heavy atom. The minimum Gasteiger partial charge on any atom is -0.507 e. The Bertz CT molecular complexity index is 1330. The number of anilines is 1. The number of nitro groups is 1. The average Bonchev–Trinajstić information content (AvgIpc) is 3.14. The molecule has 0 saturated carbocycles. The van der Waals surface area contributed by atoms with Crippen molar-refractivity contribution in [2.75, 3.05) is 11.5 Å². The van der Waals surface area contributed by atoms with Gasteiger partial charge in [0.1, 0.15) is 5.76 Å². The summed E-state index contributed by atoms with van der Waals surface area (Å²) in [6.07, 6.45) is 0. The van der Waals surface area contributed by atoms with Gasteiger partial charge in [-0.05, 0) is 48.9 Å². The van der Waals surface area contributed by atoms with Gasteiger partial charge in [-0.2, -0.15) is 0 Å². The summed E-state index contributed by atoms with van der Waals surface area (Å²) >= 11 is 0. The Morgan fingerprint density at radius 3 is 2.17 bits per heavy atom. The van der Waals surface area contributed by atoms with Crippen molar-refractivity contribution in [2.24, 2.45) is 0 Å². The summed E-state index contributed by atoms with van der Waals surface area (Å²) in [5.41, 5.74) is 0.993. The van der Waals surface area contributed by atoms with Crippen molar-refractivity contribution in [3.63, 3.8) is 0 Å². The number of nitrogens with zero attached hydrogens (tertiary/aromatic N) is 2. The number of aliphatic hydroxyl groups is 1. The van der Waals surface area contributed by atoms with Gasteiger partial charge in [0, 0.05) is 23.4 Å². The molecule has 3 aromatic rings. The quantitative estimate of drug-likeness (QED) is 0.141. The molecule has 1 fully saturated rings. The van der Waals surface area contributed by atoms with Crippen molar-refractivity contribution in [1.82, 2.24) is 0 Å². The largest absolute Gasteiger partial charge is 0.507 e. The fourth-order valence-electron chi connectivity index (χ4n) is 3.92. The highest BCUT2D eigenvalue weighted by molar-refractivity contribution is 6.51. The molecule has 1 aliphatic rings. The van der Waals surface area contributed by atoms with E-state index in [2.05, 4.69) is 0 Å². The summed E-state index contributed by atoms with van der Waals surface area (Å²) in [7, 11) is 0. The molecule has 1 atom stereocenters. The topological polar surface area (TPSA) is 127 Å². The zero-order chi connectivity index (χ0) is 25.1. The molecule has 35 heavy (non-hydrogen) atoms. The molecule has 1 heterocycles. The second kappa shape index (κ2) is 9.60. The van der Waals surface area contributed by atoms with Crippen LogP contribution in [0.3, 0.4) is 0 Å². The van der Waals surface area contributed by atoms with Crippen LogP contribution in [0.15, 0.2) is 84.4 Å². The first kappa shape index (κ1) is 23.4. The van der Waals surface area contributed by atoms with Crippen LogP contribution in [-0.4, -0.2) is 34.3 Å². The van der Waals surface area contributed by atoms with Crippen molar-refractivity contribution in [1.29, 1.82) is 0 Å². The fourth-order valence-corrected chi connectivity index (χ4v) is 3.92. The normalized spacial score (nSPS) is 16.8. The smallest absolute Gasteiger partial charge is 0.338 e. The number of hydrogen-bond donors (Lipinski definition) is 1. The number of aliphatic hydroxyl groups excluding tert-OH is 1. The molecule has 0 bridgehead atoms. The lowest BCUT2D eigenvalue weighted by molar-refractivity contribution is -0.384. The Labute approximate surface area is 200 Å². The van der Waals surface area contributed by atoms with Crippen molar-refractivity contribution < 1.29 is 29.2 Å². The zero-order valence-corrected chi connectivity index (χ0v) is 18.6. The van der Waals surface area contributed by atoms with E-state index in [0.717, 1.165) is 0 Å². The maximum atomic E-state index is 13.2. The molecule has 0 aliphatic carbocycles. The van der Waals surface area contributed by atoms with E-state index in [0.29, 0.717) is 16.8 Å². The Morgan fingerprint density at radius 2 is 1.60 bits per heavy atom. The summed E-state index contributed by atoms with van der Waals surface area (Å²) in [5.74, 6) is -2.67. The Hall–Kier alpha value is -4.79. The molecule has 0 aromatic heterocycles. The highest BCUT2D eigenvalue weighted by Crippen LogP contribution is 2.42. The van der Waals surface area contributed by atoms with E-state index in [-0.39, 0.29) is 29.2 Å². The standard InChI is InChI=1S/C26H20N2O7/c1-2-35-26(32)18-10-12-19(13-11-18)27-22(16-8-14-20(15-9-16)28(33)34)21(24(30)25(27)31)23(29)17-6-4-3-5-7-17/h3-15,22,29H,2H2,1H3/b23-21-. The van der Waals surface area contributed by atoms with Crippen molar-refractivity contribution >= 4 is 34.8 Å². The number of carbonyl (C=O) groups excluding carboxylic acids is 3. The van der Waals surface area contributed by atoms with E-state index in [1.165, 1.54) is 53.4 Å². The molecule has 4 rings (SSSR count). The van der Waals surface area contributed by atoms with E-state index in [9.17, 15) is 29.6 Å². The van der Waals surface area contributed by atoms with Gasteiger partial charge in [-0.3, -0.25) is 24.6 Å². The number of benzene rings is 3. The highest BCUT2D eigenvalue weighted by atomic mass is 16.6. The van der Waals surface area contributed by atoms with Crippen LogP contribution in [0.1, 0.15) is 34.5 Å². The molecule has 0 spiro atoms. The first-order valence-corrected chi connectivity index (χ1v) is 10.7. The number of ether oxygens (including phenoxy) is 1. The molecule has 1 unspecified atom stereocenters. The maximum Gasteiger partial charge on any atom is 0.338 e. The molecule has 9 heteroatoms. The van der Waals surface area contributed by atoms with Crippen LogP contribution in [-0.2, 0) is 14.3 Å². The molecule has 9 nitrogen and oxygen atoms in total. The van der Waals surface area contributed by atoms with Crippen LogP contribution in [0, 0.1) is 10.1 Å². The molecule has 176 valence electrons. The van der Waals surface area contributed by atoms with Crippen LogP contribution in [0.2, 0.25) is 0 Å². The van der Waals surface area contributed by atoms with Crippen molar-refractivity contribution in [2.45, 2.75) is 13.0 Å². The molecule has 0 radical (unpaired) electrons. The maximum absolute atomic E-state index is 13.2. The first-order chi connectivity index (χ1) is 16.8. The molecule has 1 N–H and O–H groups in total. The monoisotopic (exact) mass is 472 g/mol. The minimum atomic E-state index is -1.05. The van der Waals surface area contributed by atoms with E-state index in [4.69, 9.17) is 4.74 Å². The van der Waals surface area contributed by atoms with E-state index in [1.54, 1.807) is 37.3 Å². The lowest BCUT2D eigenvalue weighted by atomic mass is 9.95. The van der Waals surface area contributed by atoms with Gasteiger partial charge in [-0.25, -0.2) is 4.79 Å². The van der Waals surface area contributed by atoms with Gasteiger partial charge in [-0.15, -0.1) is 0 Å². The predicted octanol–water partition coefficient (Wildman–Crippen LogP) is 4.40. The predicted molar refractivity (Wildman–Crippen MR) is 127 cm³/mol. The number of Topliss-reactive ketones (excluding diaryl/α,β-unsaturated/α-hetero) is 1. The number of ketones is 1. The van der Waals surface area contributed by atoms with Crippen LogP contribution < -0.4 is 4.90 Å². The number of non-ortho nitro benzene ring substituents is 1. The van der Waals surface area contributed by atoms with Gasteiger partial charge in [0.25, 0.3) is 17.4 Å². The van der Waals surface area contributed by atoms with Crippen LogP contribution >= 0.6 is 0 Å². The SMILES string of the molecule is CCOC(=O)c1ccc(N2C(=O)C(=O)/C(=C(\O)c3ccccc3)C2c2ccc([N+](=O)[O-])cc2)cc1. The molecular weight excluding hydrogens is 452 g/mol. The third kappa shape index (κ3) is 4.39. The molecular formula is C26H20N2O7. The number of esters is 1. The van der Waals surface area contributed by atoms with Gasteiger partial charge in [0.15, 0.2) is 0 Å². The summed E-state index contributed by atoms with van der Waals surface area (Å²) in [6, 6.07) is 18.6. The third-order valence-electron chi connectivity index (χ3n) is 5.57. The van der Waals surface area contributed by atoms with E-state index >= 15 is 0 Å². The molecule has 1 amide bonds. The van der Waals surface area contributed by atoms with Crippen LogP contribution in [0.5, 0.6) is 0 Å². The van der Waals surface area contributed by atoms with Crippen molar-refractivity contribution in [3.05, 3.63) is 111 Å². The van der Waals surface area contributed by atoms with Gasteiger partial charge >= 0.3 is 5.97 Å². The van der Waals surface area contributed by atoms with Gasteiger partial charge < -0.3 is 9.84 Å².